The number of ketones is 1. The minimum Gasteiger partial charge on any atom is -0.325 e. The van der Waals surface area contributed by atoms with Gasteiger partial charge in [-0.1, -0.05) is 12.1 Å². The average molecular weight is 331 g/mol. The molecule has 0 aromatic heterocycles. The number of imide groups is 2. The fourth-order valence-electron chi connectivity index (χ4n) is 2.28. The van der Waals surface area contributed by atoms with Crippen molar-refractivity contribution in [3.8, 4) is 0 Å². The molecule has 8 heteroatoms. The Kier molecular flexibility index (Phi) is 4.77. The monoisotopic (exact) mass is 331 g/mol. The maximum atomic E-state index is 12.1. The van der Waals surface area contributed by atoms with Crippen molar-refractivity contribution in [3.05, 3.63) is 29.8 Å². The summed E-state index contributed by atoms with van der Waals surface area (Å²) < 4.78 is 0. The van der Waals surface area contributed by atoms with Gasteiger partial charge in [0.05, 0.1) is 0 Å². The van der Waals surface area contributed by atoms with E-state index in [9.17, 15) is 24.0 Å². The van der Waals surface area contributed by atoms with Gasteiger partial charge in [-0.15, -0.1) is 0 Å². The third kappa shape index (κ3) is 3.32. The smallest absolute Gasteiger partial charge is 0.325 e. The van der Waals surface area contributed by atoms with Crippen molar-refractivity contribution in [2.24, 2.45) is 0 Å². The van der Waals surface area contributed by atoms with Crippen molar-refractivity contribution < 1.29 is 24.0 Å². The van der Waals surface area contributed by atoms with E-state index in [0.717, 1.165) is 4.90 Å². The highest BCUT2D eigenvalue weighted by Gasteiger charge is 2.46. The molecule has 0 aliphatic carbocycles. The lowest BCUT2D eigenvalue weighted by atomic mass is 10.1. The molecule has 0 unspecified atom stereocenters. The van der Waals surface area contributed by atoms with Crippen molar-refractivity contribution in [3.63, 3.8) is 0 Å². The number of amides is 5. The molecule has 2 rings (SSSR count). The van der Waals surface area contributed by atoms with Crippen molar-refractivity contribution in [2.45, 2.75) is 26.8 Å². The summed E-state index contributed by atoms with van der Waals surface area (Å²) in [5, 5.41) is 2.50. The standard InChI is InChI=1S/C16H17N3O5/c1-9(2)19-15(23)14(22)18(16(19)24)8-13(21)17-12-6-4-5-11(7-12)10(3)20/h4-7,9H,8H2,1-3H3,(H,17,21). The van der Waals surface area contributed by atoms with E-state index < -0.39 is 36.3 Å². The average Bonchev–Trinajstić information content (AvgIpc) is 2.71. The number of carbonyl (C=O) groups is 5. The Balaban J connectivity index is 2.09. The second-order valence-corrected chi connectivity index (χ2v) is 5.63. The quantitative estimate of drug-likeness (QED) is 0.493. The Morgan fingerprint density at radius 1 is 1.12 bits per heavy atom. The summed E-state index contributed by atoms with van der Waals surface area (Å²) in [6.45, 7) is 4.02. The van der Waals surface area contributed by atoms with Crippen LogP contribution in [0.1, 0.15) is 31.1 Å². The van der Waals surface area contributed by atoms with Gasteiger partial charge in [-0.3, -0.25) is 24.1 Å². The Hall–Kier alpha value is -3.03. The van der Waals surface area contributed by atoms with Gasteiger partial charge in [0.2, 0.25) is 5.91 Å². The lowest BCUT2D eigenvalue weighted by molar-refractivity contribution is -0.144. The zero-order valence-corrected chi connectivity index (χ0v) is 13.5. The van der Waals surface area contributed by atoms with Crippen LogP contribution in [0.25, 0.3) is 0 Å². The van der Waals surface area contributed by atoms with E-state index in [1.807, 2.05) is 0 Å². The van der Waals surface area contributed by atoms with Crippen LogP contribution in [0.15, 0.2) is 24.3 Å². The van der Waals surface area contributed by atoms with Crippen LogP contribution in [-0.4, -0.2) is 51.9 Å². The number of nitrogens with one attached hydrogen (secondary N) is 1. The molecule has 0 saturated carbocycles. The molecule has 1 aliphatic rings. The summed E-state index contributed by atoms with van der Waals surface area (Å²) in [6.07, 6.45) is 0. The van der Waals surface area contributed by atoms with Gasteiger partial charge in [-0.2, -0.15) is 0 Å². The van der Waals surface area contributed by atoms with Crippen LogP contribution < -0.4 is 5.32 Å². The normalized spacial score (nSPS) is 14.6. The minimum atomic E-state index is -1.03. The number of hydrogen-bond donors (Lipinski definition) is 1. The van der Waals surface area contributed by atoms with E-state index >= 15 is 0 Å². The van der Waals surface area contributed by atoms with Gasteiger partial charge in [0.15, 0.2) is 5.78 Å². The number of rotatable bonds is 5. The third-order valence-electron chi connectivity index (χ3n) is 3.45. The lowest BCUT2D eigenvalue weighted by Crippen LogP contribution is -2.40. The summed E-state index contributed by atoms with van der Waals surface area (Å²) in [5.74, 6) is -2.77. The second-order valence-electron chi connectivity index (χ2n) is 5.63. The molecule has 1 aromatic carbocycles. The first-order valence-corrected chi connectivity index (χ1v) is 7.32. The predicted octanol–water partition coefficient (Wildman–Crippen LogP) is 1.03. The van der Waals surface area contributed by atoms with Crippen LogP contribution in [-0.2, 0) is 14.4 Å². The van der Waals surface area contributed by atoms with Crippen LogP contribution in [0.3, 0.4) is 0 Å². The highest BCUT2D eigenvalue weighted by atomic mass is 16.2. The number of urea groups is 1. The number of Topliss-reactive ketones (excluding diaryl/α,β-unsaturated/α-hetero) is 1. The second kappa shape index (κ2) is 6.61. The molecule has 126 valence electrons. The van der Waals surface area contributed by atoms with Crippen molar-refractivity contribution in [1.82, 2.24) is 9.80 Å². The Morgan fingerprint density at radius 2 is 1.79 bits per heavy atom. The topological polar surface area (TPSA) is 104 Å². The number of anilines is 1. The Morgan fingerprint density at radius 3 is 2.33 bits per heavy atom. The van der Waals surface area contributed by atoms with Crippen molar-refractivity contribution >= 4 is 35.2 Å². The molecule has 1 aromatic rings. The van der Waals surface area contributed by atoms with Gasteiger partial charge >= 0.3 is 17.8 Å². The predicted molar refractivity (Wildman–Crippen MR) is 84.2 cm³/mol. The molecule has 1 aliphatic heterocycles. The van der Waals surface area contributed by atoms with Crippen molar-refractivity contribution in [2.75, 3.05) is 11.9 Å². The van der Waals surface area contributed by atoms with E-state index in [0.29, 0.717) is 16.2 Å². The molecule has 1 N–H and O–H groups in total. The fraction of sp³-hybridized carbons (Fsp3) is 0.312. The molecule has 1 heterocycles. The van der Waals surface area contributed by atoms with Crippen LogP contribution in [0, 0.1) is 0 Å². The number of hydrogen-bond acceptors (Lipinski definition) is 5. The molecule has 1 saturated heterocycles. The maximum Gasteiger partial charge on any atom is 0.334 e. The largest absolute Gasteiger partial charge is 0.334 e. The van der Waals surface area contributed by atoms with Crippen LogP contribution in [0.2, 0.25) is 0 Å². The molecule has 24 heavy (non-hydrogen) atoms. The minimum absolute atomic E-state index is 0.158. The first-order valence-electron chi connectivity index (χ1n) is 7.32. The van der Waals surface area contributed by atoms with Gasteiger partial charge < -0.3 is 5.32 Å². The summed E-state index contributed by atoms with van der Waals surface area (Å²) in [4.78, 5) is 60.5. The zero-order chi connectivity index (χ0) is 18.0. The SMILES string of the molecule is CC(=O)c1cccc(NC(=O)CN2C(=O)C(=O)N(C(C)C)C2=O)c1. The number of nitrogens with zero attached hydrogens (tertiary/aromatic N) is 2. The molecule has 0 spiro atoms. The number of carbonyl (C=O) groups excluding carboxylic acids is 5. The van der Waals surface area contributed by atoms with Crippen LogP contribution in [0.4, 0.5) is 10.5 Å². The van der Waals surface area contributed by atoms with Crippen molar-refractivity contribution in [1.29, 1.82) is 0 Å². The molecule has 8 nitrogen and oxygen atoms in total. The van der Waals surface area contributed by atoms with E-state index in [4.69, 9.17) is 0 Å². The van der Waals surface area contributed by atoms with Gasteiger partial charge in [0.25, 0.3) is 0 Å². The first kappa shape index (κ1) is 17.3. The highest BCUT2D eigenvalue weighted by Crippen LogP contribution is 2.16. The summed E-state index contributed by atoms with van der Waals surface area (Å²) in [6, 6.07) is 4.97. The molecular weight excluding hydrogens is 314 g/mol. The third-order valence-corrected chi connectivity index (χ3v) is 3.45. The molecule has 0 bridgehead atoms. The first-order chi connectivity index (χ1) is 11.2. The molecule has 1 fully saturated rings. The highest BCUT2D eigenvalue weighted by molar-refractivity contribution is 6.45. The zero-order valence-electron chi connectivity index (χ0n) is 13.5. The fourth-order valence-corrected chi connectivity index (χ4v) is 2.28. The summed E-state index contributed by atoms with van der Waals surface area (Å²) in [5.41, 5.74) is 0.779. The van der Waals surface area contributed by atoms with E-state index in [1.54, 1.807) is 32.0 Å². The molecule has 0 atom stereocenters. The molecule has 5 amide bonds. The summed E-state index contributed by atoms with van der Waals surface area (Å²) >= 11 is 0. The van der Waals surface area contributed by atoms with Crippen LogP contribution in [0.5, 0.6) is 0 Å². The van der Waals surface area contributed by atoms with E-state index in [2.05, 4.69) is 5.32 Å². The molecular formula is C16H17N3O5. The molecule has 0 radical (unpaired) electrons. The van der Waals surface area contributed by atoms with Gasteiger partial charge in [0.1, 0.15) is 6.54 Å². The van der Waals surface area contributed by atoms with Gasteiger partial charge in [-0.05, 0) is 32.9 Å². The number of benzene rings is 1. The Bertz CT molecular complexity index is 741. The van der Waals surface area contributed by atoms with E-state index in [1.165, 1.54) is 13.0 Å². The maximum absolute atomic E-state index is 12.1. The lowest BCUT2D eigenvalue weighted by Gasteiger charge is -2.18. The van der Waals surface area contributed by atoms with Gasteiger partial charge in [-0.25, -0.2) is 9.69 Å². The summed E-state index contributed by atoms with van der Waals surface area (Å²) in [7, 11) is 0. The van der Waals surface area contributed by atoms with E-state index in [-0.39, 0.29) is 5.78 Å². The Labute approximate surface area is 138 Å². The van der Waals surface area contributed by atoms with Gasteiger partial charge in [0, 0.05) is 17.3 Å². The van der Waals surface area contributed by atoms with Crippen LogP contribution >= 0.6 is 0 Å².